The average molecular weight is 305 g/mol. The van der Waals surface area contributed by atoms with Crippen LogP contribution >= 0.6 is 15.9 Å². The van der Waals surface area contributed by atoms with Crippen molar-refractivity contribution in [3.05, 3.63) is 0 Å². The molecule has 0 aromatic rings. The number of alkyl halides is 1. The highest BCUT2D eigenvalue weighted by Gasteiger charge is 2.24. The third-order valence-corrected chi connectivity index (χ3v) is 3.93. The van der Waals surface area contributed by atoms with E-state index in [1.165, 1.54) is 0 Å². The van der Waals surface area contributed by atoms with Gasteiger partial charge >= 0.3 is 0 Å². The molecule has 0 aromatic heterocycles. The first-order valence-electron chi connectivity index (χ1n) is 6.34. The van der Waals surface area contributed by atoms with E-state index in [-0.39, 0.29) is 22.6 Å². The number of hydrogen-bond donors (Lipinski definition) is 2. The van der Waals surface area contributed by atoms with Gasteiger partial charge in [0.05, 0.1) is 4.83 Å². The van der Waals surface area contributed by atoms with Crippen LogP contribution in [0.1, 0.15) is 39.0 Å². The quantitative estimate of drug-likeness (QED) is 0.758. The van der Waals surface area contributed by atoms with E-state index >= 15 is 0 Å². The largest absolute Gasteiger partial charge is 0.317 e. The summed E-state index contributed by atoms with van der Waals surface area (Å²) < 4.78 is 0. The second kappa shape index (κ2) is 7.82. The topological polar surface area (TPSA) is 58.2 Å². The van der Waals surface area contributed by atoms with E-state index in [0.29, 0.717) is 0 Å². The van der Waals surface area contributed by atoms with Crippen molar-refractivity contribution in [2.75, 3.05) is 13.1 Å². The van der Waals surface area contributed by atoms with Crippen LogP contribution in [0.25, 0.3) is 0 Å². The fourth-order valence-electron chi connectivity index (χ4n) is 1.90. The number of nitrogens with one attached hydrogen (secondary N) is 2. The fourth-order valence-corrected chi connectivity index (χ4v) is 2.34. The van der Waals surface area contributed by atoms with Gasteiger partial charge in [-0.05, 0) is 32.4 Å². The van der Waals surface area contributed by atoms with Crippen molar-refractivity contribution in [3.8, 4) is 0 Å². The molecule has 4 nitrogen and oxygen atoms in total. The van der Waals surface area contributed by atoms with Crippen molar-refractivity contribution in [2.45, 2.75) is 43.9 Å². The van der Waals surface area contributed by atoms with Gasteiger partial charge in [-0.1, -0.05) is 35.7 Å². The second-order valence-electron chi connectivity index (χ2n) is 4.49. The van der Waals surface area contributed by atoms with Crippen LogP contribution in [0.3, 0.4) is 0 Å². The molecule has 0 aromatic carbocycles. The van der Waals surface area contributed by atoms with Crippen molar-refractivity contribution in [1.29, 1.82) is 0 Å². The Morgan fingerprint density at radius 3 is 2.65 bits per heavy atom. The van der Waals surface area contributed by atoms with Crippen LogP contribution in [-0.2, 0) is 9.59 Å². The molecular weight excluding hydrogens is 284 g/mol. The molecule has 1 fully saturated rings. The Labute approximate surface area is 111 Å². The van der Waals surface area contributed by atoms with Gasteiger partial charge in [-0.3, -0.25) is 14.9 Å². The minimum absolute atomic E-state index is 0.00826. The van der Waals surface area contributed by atoms with Crippen LogP contribution in [0.4, 0.5) is 0 Å². The minimum Gasteiger partial charge on any atom is -0.317 e. The summed E-state index contributed by atoms with van der Waals surface area (Å²) >= 11 is 3.32. The van der Waals surface area contributed by atoms with Gasteiger partial charge in [0.15, 0.2) is 0 Å². The molecule has 2 amide bonds. The Balaban J connectivity index is 2.31. The predicted molar refractivity (Wildman–Crippen MR) is 71.0 cm³/mol. The van der Waals surface area contributed by atoms with Gasteiger partial charge in [-0.25, -0.2) is 0 Å². The summed E-state index contributed by atoms with van der Waals surface area (Å²) in [7, 11) is 0. The summed E-state index contributed by atoms with van der Waals surface area (Å²) in [5, 5.41) is 5.71. The Kier molecular flexibility index (Phi) is 6.73. The number of imide groups is 1. The molecular formula is C12H21BrN2O2. The Morgan fingerprint density at radius 1 is 1.41 bits per heavy atom. The molecule has 5 heteroatoms. The summed E-state index contributed by atoms with van der Waals surface area (Å²) in [6, 6.07) is 0. The van der Waals surface area contributed by atoms with Gasteiger partial charge in [0.25, 0.3) is 0 Å². The van der Waals surface area contributed by atoms with E-state index in [4.69, 9.17) is 0 Å². The van der Waals surface area contributed by atoms with Crippen LogP contribution in [0.15, 0.2) is 0 Å². The van der Waals surface area contributed by atoms with Crippen LogP contribution in [-0.4, -0.2) is 29.7 Å². The van der Waals surface area contributed by atoms with Crippen molar-refractivity contribution in [1.82, 2.24) is 10.6 Å². The maximum atomic E-state index is 11.8. The van der Waals surface area contributed by atoms with E-state index in [2.05, 4.69) is 33.5 Å². The summed E-state index contributed by atoms with van der Waals surface area (Å²) in [4.78, 5) is 23.3. The number of amides is 2. The lowest BCUT2D eigenvalue weighted by Crippen LogP contribution is -2.43. The maximum absolute atomic E-state index is 11.8. The van der Waals surface area contributed by atoms with Crippen molar-refractivity contribution >= 4 is 27.7 Å². The lowest BCUT2D eigenvalue weighted by atomic mass is 9.97. The second-order valence-corrected chi connectivity index (χ2v) is 5.59. The first-order chi connectivity index (χ1) is 8.15. The zero-order valence-electron chi connectivity index (χ0n) is 10.3. The highest BCUT2D eigenvalue weighted by molar-refractivity contribution is 9.10. The summed E-state index contributed by atoms with van der Waals surface area (Å²) in [6.07, 6.45) is 4.46. The molecule has 0 aliphatic carbocycles. The highest BCUT2D eigenvalue weighted by Crippen LogP contribution is 2.13. The standard InChI is InChI=1S/C12H21BrN2O2/c1-2-3-4-10(13)12(17)15-11(16)9-5-7-14-8-6-9/h9-10,14H,2-8H2,1H3,(H,15,16,17). The lowest BCUT2D eigenvalue weighted by Gasteiger charge is -2.21. The Bertz CT molecular complexity index is 265. The van der Waals surface area contributed by atoms with Crippen molar-refractivity contribution < 1.29 is 9.59 Å². The summed E-state index contributed by atoms with van der Waals surface area (Å²) in [5.74, 6) is -0.314. The number of rotatable bonds is 5. The number of unbranched alkanes of at least 4 members (excludes halogenated alkanes) is 1. The number of carbonyl (C=O) groups is 2. The molecule has 1 rings (SSSR count). The minimum atomic E-state index is -0.242. The molecule has 1 atom stereocenters. The van der Waals surface area contributed by atoms with Crippen molar-refractivity contribution in [3.63, 3.8) is 0 Å². The normalized spacial score (nSPS) is 18.7. The molecule has 0 bridgehead atoms. The van der Waals surface area contributed by atoms with E-state index in [0.717, 1.165) is 45.2 Å². The van der Waals surface area contributed by atoms with Crippen LogP contribution in [0, 0.1) is 5.92 Å². The molecule has 17 heavy (non-hydrogen) atoms. The van der Waals surface area contributed by atoms with E-state index < -0.39 is 0 Å². The molecule has 0 saturated carbocycles. The number of halogens is 1. The third-order valence-electron chi connectivity index (χ3n) is 3.05. The monoisotopic (exact) mass is 304 g/mol. The lowest BCUT2D eigenvalue weighted by molar-refractivity contribution is -0.133. The van der Waals surface area contributed by atoms with Crippen LogP contribution < -0.4 is 10.6 Å². The summed E-state index contributed by atoms with van der Waals surface area (Å²) in [5.41, 5.74) is 0. The average Bonchev–Trinajstić information content (AvgIpc) is 2.36. The van der Waals surface area contributed by atoms with Gasteiger partial charge in [-0.2, -0.15) is 0 Å². The van der Waals surface area contributed by atoms with Gasteiger partial charge < -0.3 is 5.32 Å². The number of piperidine rings is 1. The first kappa shape index (κ1) is 14.6. The number of hydrogen-bond acceptors (Lipinski definition) is 3. The van der Waals surface area contributed by atoms with Gasteiger partial charge in [-0.15, -0.1) is 0 Å². The smallest absolute Gasteiger partial charge is 0.240 e. The zero-order valence-corrected chi connectivity index (χ0v) is 11.9. The third kappa shape index (κ3) is 5.17. The van der Waals surface area contributed by atoms with Crippen molar-refractivity contribution in [2.24, 2.45) is 5.92 Å². The van der Waals surface area contributed by atoms with E-state index in [1.807, 2.05) is 0 Å². The van der Waals surface area contributed by atoms with Gasteiger partial charge in [0, 0.05) is 5.92 Å². The SMILES string of the molecule is CCCCC(Br)C(=O)NC(=O)C1CCNCC1. The molecule has 1 heterocycles. The maximum Gasteiger partial charge on any atom is 0.240 e. The first-order valence-corrected chi connectivity index (χ1v) is 7.26. The van der Waals surface area contributed by atoms with Crippen LogP contribution in [0.2, 0.25) is 0 Å². The molecule has 0 spiro atoms. The number of carbonyl (C=O) groups excluding carboxylic acids is 2. The molecule has 1 aliphatic heterocycles. The van der Waals surface area contributed by atoms with Gasteiger partial charge in [0.2, 0.25) is 11.8 Å². The van der Waals surface area contributed by atoms with Crippen LogP contribution in [0.5, 0.6) is 0 Å². The summed E-state index contributed by atoms with van der Waals surface area (Å²) in [6.45, 7) is 3.80. The molecule has 1 unspecified atom stereocenters. The van der Waals surface area contributed by atoms with E-state index in [9.17, 15) is 9.59 Å². The molecule has 98 valence electrons. The molecule has 2 N–H and O–H groups in total. The molecule has 1 aliphatic rings. The fraction of sp³-hybridized carbons (Fsp3) is 0.833. The Hall–Kier alpha value is -0.420. The van der Waals surface area contributed by atoms with E-state index in [1.54, 1.807) is 0 Å². The van der Waals surface area contributed by atoms with Gasteiger partial charge in [0.1, 0.15) is 0 Å². The predicted octanol–water partition coefficient (Wildman–Crippen LogP) is 1.58. The molecule has 1 saturated heterocycles. The molecule has 0 radical (unpaired) electrons. The Morgan fingerprint density at radius 2 is 2.06 bits per heavy atom. The highest BCUT2D eigenvalue weighted by atomic mass is 79.9. The zero-order chi connectivity index (χ0) is 12.7.